The van der Waals surface area contributed by atoms with Crippen LogP contribution in [0.25, 0.3) is 0 Å². The van der Waals surface area contributed by atoms with Crippen LogP contribution in [0.3, 0.4) is 0 Å². The van der Waals surface area contributed by atoms with E-state index in [0.717, 1.165) is 29.7 Å². The zero-order valence-electron chi connectivity index (χ0n) is 14.8. The molecule has 0 bridgehead atoms. The maximum Gasteiger partial charge on any atom is 0.185 e. The zero-order valence-corrected chi connectivity index (χ0v) is 14.8. The fourth-order valence-electron chi connectivity index (χ4n) is 2.95. The van der Waals surface area contributed by atoms with Gasteiger partial charge in [0.05, 0.1) is 0 Å². The second kappa shape index (κ2) is 10.7. The molecule has 0 amide bonds. The fourth-order valence-corrected chi connectivity index (χ4v) is 2.95. The molecule has 2 nitrogen and oxygen atoms in total. The molecule has 0 saturated heterocycles. The number of para-hydroxylation sites is 1. The number of hydrogen-bond donors (Lipinski definition) is 0. The molecule has 0 spiro atoms. The molecule has 0 heterocycles. The highest BCUT2D eigenvalue weighted by atomic mass is 16.5. The van der Waals surface area contributed by atoms with E-state index in [9.17, 15) is 5.11 Å². The van der Waals surface area contributed by atoms with Crippen LogP contribution in [0.4, 0.5) is 0 Å². The number of rotatable bonds is 11. The Labute approximate surface area is 146 Å². The Hall–Kier alpha value is -1.96. The second-order valence-electron chi connectivity index (χ2n) is 6.37. The number of ether oxygens (including phenoxy) is 1. The van der Waals surface area contributed by atoms with Crippen LogP contribution in [-0.4, -0.2) is 0 Å². The van der Waals surface area contributed by atoms with E-state index in [1.807, 2.05) is 36.4 Å². The minimum absolute atomic E-state index is 0.0892. The van der Waals surface area contributed by atoms with Crippen molar-refractivity contribution in [2.24, 2.45) is 0 Å². The molecule has 2 aromatic rings. The monoisotopic (exact) mass is 325 g/mol. The highest BCUT2D eigenvalue weighted by molar-refractivity contribution is 5.39. The van der Waals surface area contributed by atoms with Gasteiger partial charge < -0.3 is 4.74 Å². The molecule has 0 N–H and O–H groups in total. The molecule has 0 aliphatic heterocycles. The van der Waals surface area contributed by atoms with Crippen LogP contribution in [0.1, 0.15) is 63.0 Å². The van der Waals surface area contributed by atoms with Crippen LogP contribution in [0.15, 0.2) is 48.5 Å². The van der Waals surface area contributed by atoms with Gasteiger partial charge in [-0.3, -0.25) is 5.11 Å². The van der Waals surface area contributed by atoms with E-state index >= 15 is 0 Å². The van der Waals surface area contributed by atoms with Crippen molar-refractivity contribution in [3.05, 3.63) is 59.7 Å². The Bertz CT molecular complexity index is 578. The summed E-state index contributed by atoms with van der Waals surface area (Å²) in [6, 6.07) is 15.3. The van der Waals surface area contributed by atoms with E-state index in [1.165, 1.54) is 38.5 Å². The molecular formula is C22H29O2. The molecule has 0 saturated carbocycles. The molecule has 0 atom stereocenters. The van der Waals surface area contributed by atoms with Gasteiger partial charge in [0.25, 0.3) is 0 Å². The summed E-state index contributed by atoms with van der Waals surface area (Å²) in [6.07, 6.45) is 9.98. The first-order chi connectivity index (χ1) is 11.8. The molecule has 2 aromatic carbocycles. The summed E-state index contributed by atoms with van der Waals surface area (Å²) >= 11 is 0. The van der Waals surface area contributed by atoms with Crippen LogP contribution in [-0.2, 0) is 18.1 Å². The Morgan fingerprint density at radius 3 is 2.25 bits per heavy atom. The molecule has 0 unspecified atom stereocenters. The quantitative estimate of drug-likeness (QED) is 0.422. The van der Waals surface area contributed by atoms with Gasteiger partial charge in [-0.1, -0.05) is 75.8 Å². The molecular weight excluding hydrogens is 296 g/mol. The fraction of sp³-hybridized carbons (Fsp3) is 0.455. The predicted octanol–water partition coefficient (Wildman–Crippen LogP) is 6.70. The summed E-state index contributed by atoms with van der Waals surface area (Å²) in [4.78, 5) is 0. The molecule has 24 heavy (non-hydrogen) atoms. The maximum absolute atomic E-state index is 12.2. The van der Waals surface area contributed by atoms with Crippen molar-refractivity contribution in [3.63, 3.8) is 0 Å². The molecule has 1 radical (unpaired) electrons. The second-order valence-corrected chi connectivity index (χ2v) is 6.37. The smallest absolute Gasteiger partial charge is 0.185 e. The highest BCUT2D eigenvalue weighted by Crippen LogP contribution is 2.25. The molecule has 0 aliphatic rings. The topological polar surface area (TPSA) is 29.1 Å². The van der Waals surface area contributed by atoms with Gasteiger partial charge in [-0.05, 0) is 36.6 Å². The summed E-state index contributed by atoms with van der Waals surface area (Å²) < 4.78 is 5.79. The lowest BCUT2D eigenvalue weighted by atomic mass is 10.00. The first-order valence-corrected chi connectivity index (χ1v) is 9.27. The largest absolute Gasteiger partial charge is 0.489 e. The van der Waals surface area contributed by atoms with Crippen molar-refractivity contribution in [3.8, 4) is 11.5 Å². The molecule has 0 aromatic heterocycles. The third-order valence-corrected chi connectivity index (χ3v) is 4.41. The van der Waals surface area contributed by atoms with Crippen molar-refractivity contribution in [1.82, 2.24) is 0 Å². The maximum atomic E-state index is 12.2. The standard InChI is InChI=1S/C22H29O2/c1-2-3-4-5-6-7-9-13-19-14-12-17-22(23)21(19)18-24-20-15-10-8-11-16-20/h8,10-12,14-17H,2-7,9,13,18H2,1H3. The van der Waals surface area contributed by atoms with Gasteiger partial charge in [0.1, 0.15) is 12.4 Å². The SMILES string of the molecule is CCCCCCCCCc1cccc([O])c1COc1ccccc1. The van der Waals surface area contributed by atoms with Gasteiger partial charge >= 0.3 is 0 Å². The summed E-state index contributed by atoms with van der Waals surface area (Å²) in [5.41, 5.74) is 1.96. The minimum atomic E-state index is 0.0892. The normalized spacial score (nSPS) is 10.7. The van der Waals surface area contributed by atoms with Crippen molar-refractivity contribution in [1.29, 1.82) is 0 Å². The Balaban J connectivity index is 1.82. The van der Waals surface area contributed by atoms with Gasteiger partial charge in [0.2, 0.25) is 0 Å². The van der Waals surface area contributed by atoms with Crippen LogP contribution in [0, 0.1) is 0 Å². The average molecular weight is 325 g/mol. The Kier molecular flexibility index (Phi) is 8.23. The molecule has 129 valence electrons. The lowest BCUT2D eigenvalue weighted by molar-refractivity contribution is 0.285. The lowest BCUT2D eigenvalue weighted by Gasteiger charge is -2.12. The van der Waals surface area contributed by atoms with Gasteiger partial charge in [-0.2, -0.15) is 0 Å². The molecule has 0 fully saturated rings. The number of unbranched alkanes of at least 4 members (excludes halogenated alkanes) is 6. The summed E-state index contributed by atoms with van der Waals surface area (Å²) in [6.45, 7) is 2.60. The van der Waals surface area contributed by atoms with E-state index in [0.29, 0.717) is 6.61 Å². The van der Waals surface area contributed by atoms with Crippen LogP contribution in [0.5, 0.6) is 11.5 Å². The average Bonchev–Trinajstić information content (AvgIpc) is 2.61. The van der Waals surface area contributed by atoms with Gasteiger partial charge in [0.15, 0.2) is 5.75 Å². The van der Waals surface area contributed by atoms with Crippen LogP contribution >= 0.6 is 0 Å². The first kappa shape index (κ1) is 18.4. The van der Waals surface area contributed by atoms with Crippen molar-refractivity contribution in [2.75, 3.05) is 0 Å². The summed E-state index contributed by atoms with van der Waals surface area (Å²) in [5, 5.41) is 12.2. The lowest BCUT2D eigenvalue weighted by Crippen LogP contribution is -2.01. The third kappa shape index (κ3) is 6.27. The number of benzene rings is 2. The van der Waals surface area contributed by atoms with E-state index in [2.05, 4.69) is 13.0 Å². The zero-order chi connectivity index (χ0) is 17.0. The van der Waals surface area contributed by atoms with Crippen LogP contribution < -0.4 is 4.74 Å². The number of hydrogen-bond acceptors (Lipinski definition) is 1. The predicted molar refractivity (Wildman–Crippen MR) is 99.0 cm³/mol. The molecule has 2 heteroatoms. The molecule has 0 aliphatic carbocycles. The van der Waals surface area contributed by atoms with E-state index in [1.54, 1.807) is 6.07 Å². The minimum Gasteiger partial charge on any atom is -0.489 e. The first-order valence-electron chi connectivity index (χ1n) is 9.27. The van der Waals surface area contributed by atoms with Crippen molar-refractivity contribution < 1.29 is 9.84 Å². The third-order valence-electron chi connectivity index (χ3n) is 4.41. The van der Waals surface area contributed by atoms with Gasteiger partial charge in [-0.25, -0.2) is 0 Å². The highest BCUT2D eigenvalue weighted by Gasteiger charge is 2.10. The molecule has 2 rings (SSSR count). The van der Waals surface area contributed by atoms with Gasteiger partial charge in [-0.15, -0.1) is 0 Å². The summed E-state index contributed by atoms with van der Waals surface area (Å²) in [7, 11) is 0. The van der Waals surface area contributed by atoms with Crippen LogP contribution in [0.2, 0.25) is 0 Å². The van der Waals surface area contributed by atoms with E-state index in [-0.39, 0.29) is 5.75 Å². The van der Waals surface area contributed by atoms with E-state index < -0.39 is 0 Å². The van der Waals surface area contributed by atoms with Gasteiger partial charge in [0, 0.05) is 5.56 Å². The van der Waals surface area contributed by atoms with Crippen molar-refractivity contribution in [2.45, 2.75) is 64.9 Å². The number of aryl methyl sites for hydroxylation is 1. The van der Waals surface area contributed by atoms with E-state index in [4.69, 9.17) is 4.74 Å². The summed E-state index contributed by atoms with van der Waals surface area (Å²) in [5.74, 6) is 0.897. The van der Waals surface area contributed by atoms with Crippen molar-refractivity contribution >= 4 is 0 Å². The Morgan fingerprint density at radius 2 is 1.50 bits per heavy atom. The Morgan fingerprint density at radius 1 is 0.792 bits per heavy atom.